The molecule has 3 heterocycles. The van der Waals surface area contributed by atoms with E-state index in [1.807, 2.05) is 6.07 Å². The van der Waals surface area contributed by atoms with E-state index >= 15 is 0 Å². The molecule has 1 aliphatic rings. The normalized spacial score (nSPS) is 16.3. The molecule has 0 bridgehead atoms. The number of anilines is 1. The lowest BCUT2D eigenvalue weighted by Crippen LogP contribution is -2.33. The van der Waals surface area contributed by atoms with Gasteiger partial charge < -0.3 is 10.0 Å². The minimum absolute atomic E-state index is 0.113. The minimum atomic E-state index is -0.972. The van der Waals surface area contributed by atoms with Crippen molar-refractivity contribution in [3.05, 3.63) is 46.3 Å². The highest BCUT2D eigenvalue weighted by Crippen LogP contribution is 2.30. The Bertz CT molecular complexity index is 590. The van der Waals surface area contributed by atoms with Crippen molar-refractivity contribution in [1.29, 1.82) is 0 Å². The van der Waals surface area contributed by atoms with Crippen LogP contribution < -0.4 is 4.90 Å². The first kappa shape index (κ1) is 13.1. The fraction of sp³-hybridized carbons (Fsp3) is 0.333. The van der Waals surface area contributed by atoms with Gasteiger partial charge in [-0.2, -0.15) is 11.3 Å². The van der Waals surface area contributed by atoms with Gasteiger partial charge in [0.1, 0.15) is 5.82 Å². The second kappa shape index (κ2) is 5.63. The second-order valence-electron chi connectivity index (χ2n) is 5.00. The molecular formula is C15H16N2O2S. The summed E-state index contributed by atoms with van der Waals surface area (Å²) in [6.07, 6.45) is 2.19. The van der Waals surface area contributed by atoms with Crippen molar-refractivity contribution in [3.63, 3.8) is 0 Å². The smallest absolute Gasteiger partial charge is 0.354 e. The maximum Gasteiger partial charge on any atom is 0.354 e. The van der Waals surface area contributed by atoms with Crippen LogP contribution in [0.5, 0.6) is 0 Å². The third kappa shape index (κ3) is 2.67. The Morgan fingerprint density at radius 2 is 2.10 bits per heavy atom. The Hall–Kier alpha value is -1.88. The molecule has 104 valence electrons. The molecule has 0 spiro atoms. The zero-order chi connectivity index (χ0) is 13.9. The molecule has 2 aromatic rings. The Morgan fingerprint density at radius 3 is 2.75 bits per heavy atom. The van der Waals surface area contributed by atoms with Crippen LogP contribution in [0.15, 0.2) is 35.0 Å². The number of nitrogens with zero attached hydrogens (tertiary/aromatic N) is 2. The number of carboxylic acids is 1. The molecule has 0 aromatic carbocycles. The molecule has 1 N–H and O–H groups in total. The summed E-state index contributed by atoms with van der Waals surface area (Å²) in [7, 11) is 0. The van der Waals surface area contributed by atoms with Crippen molar-refractivity contribution in [3.8, 4) is 0 Å². The zero-order valence-corrected chi connectivity index (χ0v) is 11.8. The summed E-state index contributed by atoms with van der Waals surface area (Å²) < 4.78 is 0. The molecule has 4 nitrogen and oxygen atoms in total. The van der Waals surface area contributed by atoms with Crippen LogP contribution in [-0.4, -0.2) is 29.1 Å². The van der Waals surface area contributed by atoms with Crippen LogP contribution in [0, 0.1) is 0 Å². The predicted octanol–water partition coefficient (Wildman–Crippen LogP) is 3.23. The molecular weight excluding hydrogens is 272 g/mol. The molecule has 0 amide bonds. The van der Waals surface area contributed by atoms with E-state index in [-0.39, 0.29) is 5.69 Å². The number of rotatable bonds is 3. The SMILES string of the molecule is O=C(O)c1cccc(N2CCC(c3ccsc3)CC2)n1. The second-order valence-corrected chi connectivity index (χ2v) is 5.78. The molecule has 1 aliphatic heterocycles. The fourth-order valence-corrected chi connectivity index (χ4v) is 3.41. The number of piperidine rings is 1. The molecule has 1 fully saturated rings. The van der Waals surface area contributed by atoms with E-state index in [1.54, 1.807) is 17.4 Å². The topological polar surface area (TPSA) is 53.4 Å². The van der Waals surface area contributed by atoms with Crippen LogP contribution in [0.4, 0.5) is 5.82 Å². The van der Waals surface area contributed by atoms with Gasteiger partial charge in [0.05, 0.1) is 0 Å². The van der Waals surface area contributed by atoms with E-state index in [0.717, 1.165) is 31.7 Å². The fourth-order valence-electron chi connectivity index (χ4n) is 2.67. The lowest BCUT2D eigenvalue weighted by atomic mass is 9.91. The molecule has 2 aromatic heterocycles. The van der Waals surface area contributed by atoms with Gasteiger partial charge in [0, 0.05) is 13.1 Å². The average molecular weight is 288 g/mol. The van der Waals surface area contributed by atoms with Crippen molar-refractivity contribution in [2.45, 2.75) is 18.8 Å². The van der Waals surface area contributed by atoms with Gasteiger partial charge in [0.15, 0.2) is 5.69 Å². The number of hydrogen-bond acceptors (Lipinski definition) is 4. The molecule has 0 unspecified atom stereocenters. The Kier molecular flexibility index (Phi) is 3.69. The summed E-state index contributed by atoms with van der Waals surface area (Å²) in [5.74, 6) is 0.425. The van der Waals surface area contributed by atoms with E-state index in [1.165, 1.54) is 11.6 Å². The van der Waals surface area contributed by atoms with Gasteiger partial charge in [-0.3, -0.25) is 0 Å². The Balaban J connectivity index is 1.69. The lowest BCUT2D eigenvalue weighted by Gasteiger charge is -2.32. The quantitative estimate of drug-likeness (QED) is 0.942. The number of aromatic carboxylic acids is 1. The van der Waals surface area contributed by atoms with E-state index in [4.69, 9.17) is 5.11 Å². The van der Waals surface area contributed by atoms with Crippen molar-refractivity contribution < 1.29 is 9.90 Å². The highest BCUT2D eigenvalue weighted by molar-refractivity contribution is 7.07. The molecule has 0 atom stereocenters. The van der Waals surface area contributed by atoms with E-state index in [2.05, 4.69) is 26.7 Å². The largest absolute Gasteiger partial charge is 0.477 e. The number of aromatic nitrogens is 1. The minimum Gasteiger partial charge on any atom is -0.477 e. The van der Waals surface area contributed by atoms with Crippen molar-refractivity contribution in [2.24, 2.45) is 0 Å². The number of carboxylic acid groups (broad SMARTS) is 1. The highest BCUT2D eigenvalue weighted by atomic mass is 32.1. The maximum absolute atomic E-state index is 11.0. The van der Waals surface area contributed by atoms with Crippen LogP contribution in [-0.2, 0) is 0 Å². The van der Waals surface area contributed by atoms with Crippen LogP contribution in [0.1, 0.15) is 34.8 Å². The summed E-state index contributed by atoms with van der Waals surface area (Å²) in [5, 5.41) is 13.3. The lowest BCUT2D eigenvalue weighted by molar-refractivity contribution is 0.0690. The first-order chi connectivity index (χ1) is 9.74. The molecule has 0 saturated carbocycles. The van der Waals surface area contributed by atoms with E-state index < -0.39 is 5.97 Å². The molecule has 5 heteroatoms. The van der Waals surface area contributed by atoms with Crippen LogP contribution >= 0.6 is 11.3 Å². The summed E-state index contributed by atoms with van der Waals surface area (Å²) in [4.78, 5) is 17.4. The summed E-state index contributed by atoms with van der Waals surface area (Å²) in [6, 6.07) is 7.38. The monoisotopic (exact) mass is 288 g/mol. The maximum atomic E-state index is 11.0. The van der Waals surface area contributed by atoms with Gasteiger partial charge in [-0.1, -0.05) is 6.07 Å². The summed E-state index contributed by atoms with van der Waals surface area (Å²) >= 11 is 1.74. The number of carbonyl (C=O) groups is 1. The third-order valence-electron chi connectivity index (χ3n) is 3.79. The number of thiophene rings is 1. The first-order valence-corrected chi connectivity index (χ1v) is 7.66. The Morgan fingerprint density at radius 1 is 1.30 bits per heavy atom. The molecule has 20 heavy (non-hydrogen) atoms. The molecule has 0 aliphatic carbocycles. The van der Waals surface area contributed by atoms with Crippen molar-refractivity contribution in [1.82, 2.24) is 4.98 Å². The van der Waals surface area contributed by atoms with Crippen LogP contribution in [0.3, 0.4) is 0 Å². The van der Waals surface area contributed by atoms with Gasteiger partial charge in [-0.25, -0.2) is 9.78 Å². The first-order valence-electron chi connectivity index (χ1n) is 6.71. The van der Waals surface area contributed by atoms with Crippen LogP contribution in [0.25, 0.3) is 0 Å². The third-order valence-corrected chi connectivity index (χ3v) is 4.49. The van der Waals surface area contributed by atoms with Gasteiger partial charge in [-0.15, -0.1) is 0 Å². The molecule has 1 saturated heterocycles. The molecule has 3 rings (SSSR count). The van der Waals surface area contributed by atoms with Gasteiger partial charge in [-0.05, 0) is 53.3 Å². The van der Waals surface area contributed by atoms with Gasteiger partial charge >= 0.3 is 5.97 Å². The summed E-state index contributed by atoms with van der Waals surface area (Å²) in [5.41, 5.74) is 1.55. The average Bonchev–Trinajstić information content (AvgIpc) is 3.02. The highest BCUT2D eigenvalue weighted by Gasteiger charge is 2.22. The van der Waals surface area contributed by atoms with Crippen molar-refractivity contribution in [2.75, 3.05) is 18.0 Å². The Labute approximate surface area is 121 Å². The number of hydrogen-bond donors (Lipinski definition) is 1. The van der Waals surface area contributed by atoms with Gasteiger partial charge in [0.25, 0.3) is 0 Å². The number of pyridine rings is 1. The van der Waals surface area contributed by atoms with Crippen molar-refractivity contribution >= 4 is 23.1 Å². The van der Waals surface area contributed by atoms with Crippen LogP contribution in [0.2, 0.25) is 0 Å². The van der Waals surface area contributed by atoms with E-state index in [0.29, 0.717) is 5.92 Å². The summed E-state index contributed by atoms with van der Waals surface area (Å²) in [6.45, 7) is 1.85. The standard InChI is InChI=1S/C15H16N2O2S/c18-15(19)13-2-1-3-14(16-13)17-7-4-11(5-8-17)12-6-9-20-10-12/h1-3,6,9-11H,4-5,7-8H2,(H,18,19). The van der Waals surface area contributed by atoms with Gasteiger partial charge in [0.2, 0.25) is 0 Å². The predicted molar refractivity (Wildman–Crippen MR) is 79.7 cm³/mol. The zero-order valence-electron chi connectivity index (χ0n) is 11.0. The molecule has 0 radical (unpaired) electrons. The van der Waals surface area contributed by atoms with E-state index in [9.17, 15) is 4.79 Å².